The highest BCUT2D eigenvalue weighted by molar-refractivity contribution is 5.80. The van der Waals surface area contributed by atoms with Crippen molar-refractivity contribution in [1.29, 1.82) is 0 Å². The highest BCUT2D eigenvalue weighted by Gasteiger charge is 2.19. The van der Waals surface area contributed by atoms with Gasteiger partial charge in [0.05, 0.1) is 0 Å². The summed E-state index contributed by atoms with van der Waals surface area (Å²) in [5, 5.41) is 7.20. The molecule has 2 N–H and O–H groups in total. The first-order valence-corrected chi connectivity index (χ1v) is 8.23. The van der Waals surface area contributed by atoms with Crippen LogP contribution in [-0.2, 0) is 13.5 Å². The first kappa shape index (κ1) is 15.6. The van der Waals surface area contributed by atoms with Crippen LogP contribution < -0.4 is 10.6 Å². The Kier molecular flexibility index (Phi) is 4.65. The van der Waals surface area contributed by atoms with E-state index in [1.165, 1.54) is 5.56 Å². The van der Waals surface area contributed by atoms with Gasteiger partial charge in [-0.05, 0) is 42.9 Å². The van der Waals surface area contributed by atoms with Crippen LogP contribution in [0.4, 0.5) is 4.79 Å². The summed E-state index contributed by atoms with van der Waals surface area (Å²) in [6.45, 7) is 2.80. The van der Waals surface area contributed by atoms with Gasteiger partial charge in [-0.3, -0.25) is 0 Å². The second-order valence-corrected chi connectivity index (χ2v) is 6.32. The molecule has 0 saturated carbocycles. The largest absolute Gasteiger partial charge is 0.338 e. The average molecular weight is 312 g/mol. The fourth-order valence-electron chi connectivity index (χ4n) is 3.17. The molecule has 0 saturated heterocycles. The van der Waals surface area contributed by atoms with Gasteiger partial charge in [-0.2, -0.15) is 0 Å². The van der Waals surface area contributed by atoms with Crippen LogP contribution in [0.1, 0.15) is 25.3 Å². The van der Waals surface area contributed by atoms with E-state index in [2.05, 4.69) is 47.0 Å². The van der Waals surface area contributed by atoms with E-state index in [9.17, 15) is 4.79 Å². The first-order valence-electron chi connectivity index (χ1n) is 8.23. The molecule has 23 heavy (non-hydrogen) atoms. The van der Waals surface area contributed by atoms with Crippen LogP contribution in [-0.4, -0.2) is 28.2 Å². The van der Waals surface area contributed by atoms with Crippen molar-refractivity contribution in [2.75, 3.05) is 6.54 Å². The summed E-state index contributed by atoms with van der Waals surface area (Å²) in [6.07, 6.45) is 11.0. The van der Waals surface area contributed by atoms with Gasteiger partial charge in [-0.15, -0.1) is 0 Å². The summed E-state index contributed by atoms with van der Waals surface area (Å²) in [5.41, 5.74) is 2.19. The molecule has 1 aliphatic rings. The predicted molar refractivity (Wildman–Crippen MR) is 92.3 cm³/mol. The Morgan fingerprint density at radius 3 is 3.04 bits per heavy atom. The van der Waals surface area contributed by atoms with E-state index in [1.54, 1.807) is 6.20 Å². The molecule has 2 aromatic rings. The maximum atomic E-state index is 12.1. The molecule has 0 aliphatic heterocycles. The number of hydrogen-bond acceptors (Lipinski definition) is 2. The molecule has 5 nitrogen and oxygen atoms in total. The Morgan fingerprint density at radius 1 is 1.39 bits per heavy atom. The van der Waals surface area contributed by atoms with Crippen molar-refractivity contribution in [3.8, 4) is 0 Å². The Hall–Kier alpha value is -2.30. The van der Waals surface area contributed by atoms with Gasteiger partial charge in [-0.25, -0.2) is 9.78 Å². The summed E-state index contributed by atoms with van der Waals surface area (Å²) >= 11 is 0. The molecule has 2 atom stereocenters. The molecule has 0 radical (unpaired) electrons. The van der Waals surface area contributed by atoms with Crippen LogP contribution in [0.3, 0.4) is 0 Å². The van der Waals surface area contributed by atoms with E-state index >= 15 is 0 Å². The number of rotatable bonds is 4. The zero-order valence-electron chi connectivity index (χ0n) is 13.7. The van der Waals surface area contributed by atoms with E-state index < -0.39 is 0 Å². The highest BCUT2D eigenvalue weighted by atomic mass is 16.2. The number of fused-ring (bicyclic) bond motifs is 1. The SMILES string of the molecule is C[C@@H]1CC=CC[C@H]1NC(=O)NCCc1cn(C)c2ncccc12. The van der Waals surface area contributed by atoms with E-state index in [0.717, 1.165) is 30.3 Å². The van der Waals surface area contributed by atoms with Crippen LogP contribution >= 0.6 is 0 Å². The summed E-state index contributed by atoms with van der Waals surface area (Å²) in [6, 6.07) is 4.19. The third-order valence-corrected chi connectivity index (χ3v) is 4.56. The Morgan fingerprint density at radius 2 is 2.22 bits per heavy atom. The monoisotopic (exact) mass is 312 g/mol. The van der Waals surface area contributed by atoms with E-state index in [0.29, 0.717) is 12.5 Å². The number of nitrogens with zero attached hydrogens (tertiary/aromatic N) is 2. The van der Waals surface area contributed by atoms with Crippen molar-refractivity contribution in [2.24, 2.45) is 13.0 Å². The number of nitrogens with one attached hydrogen (secondary N) is 2. The minimum absolute atomic E-state index is 0.0736. The molecule has 2 aromatic heterocycles. The van der Waals surface area contributed by atoms with Crippen LogP contribution in [0.5, 0.6) is 0 Å². The minimum Gasteiger partial charge on any atom is -0.338 e. The van der Waals surface area contributed by atoms with E-state index in [1.807, 2.05) is 17.7 Å². The zero-order valence-corrected chi connectivity index (χ0v) is 13.7. The molecule has 0 bridgehead atoms. The molecule has 5 heteroatoms. The van der Waals surface area contributed by atoms with Crippen LogP contribution in [0.15, 0.2) is 36.7 Å². The van der Waals surface area contributed by atoms with Crippen molar-refractivity contribution in [2.45, 2.75) is 32.2 Å². The number of allylic oxidation sites excluding steroid dienone is 1. The number of urea groups is 1. The van der Waals surface area contributed by atoms with Gasteiger partial charge < -0.3 is 15.2 Å². The molecule has 0 fully saturated rings. The van der Waals surface area contributed by atoms with Crippen LogP contribution in [0, 0.1) is 5.92 Å². The maximum Gasteiger partial charge on any atom is 0.315 e. The van der Waals surface area contributed by atoms with Crippen molar-refractivity contribution in [3.63, 3.8) is 0 Å². The number of amides is 2. The van der Waals surface area contributed by atoms with Gasteiger partial charge in [0.25, 0.3) is 0 Å². The van der Waals surface area contributed by atoms with Gasteiger partial charge in [0, 0.05) is 37.4 Å². The lowest BCUT2D eigenvalue weighted by atomic mass is 9.91. The molecule has 0 unspecified atom stereocenters. The topological polar surface area (TPSA) is 59.0 Å². The van der Waals surface area contributed by atoms with Gasteiger partial charge in [-0.1, -0.05) is 19.1 Å². The third kappa shape index (κ3) is 3.55. The molecule has 3 rings (SSSR count). The van der Waals surface area contributed by atoms with Crippen molar-refractivity contribution in [1.82, 2.24) is 20.2 Å². The molecule has 2 heterocycles. The smallest absolute Gasteiger partial charge is 0.315 e. The minimum atomic E-state index is -0.0736. The quantitative estimate of drug-likeness (QED) is 0.853. The van der Waals surface area contributed by atoms with Crippen molar-refractivity contribution < 1.29 is 4.79 Å². The molecule has 0 spiro atoms. The summed E-state index contributed by atoms with van der Waals surface area (Å²) < 4.78 is 2.03. The second-order valence-electron chi connectivity index (χ2n) is 6.32. The van der Waals surface area contributed by atoms with Crippen LogP contribution in [0.2, 0.25) is 0 Å². The Bertz CT molecular complexity index is 719. The molecule has 2 amide bonds. The molecule has 122 valence electrons. The number of aromatic nitrogens is 2. The predicted octanol–water partition coefficient (Wildman–Crippen LogP) is 2.77. The fraction of sp³-hybridized carbons (Fsp3) is 0.444. The van der Waals surface area contributed by atoms with Crippen LogP contribution in [0.25, 0.3) is 11.0 Å². The second kappa shape index (κ2) is 6.86. The lowest BCUT2D eigenvalue weighted by Crippen LogP contribution is -2.45. The van der Waals surface area contributed by atoms with E-state index in [4.69, 9.17) is 0 Å². The number of pyridine rings is 1. The van der Waals surface area contributed by atoms with Gasteiger partial charge in [0.15, 0.2) is 0 Å². The highest BCUT2D eigenvalue weighted by Crippen LogP contribution is 2.19. The van der Waals surface area contributed by atoms with E-state index in [-0.39, 0.29) is 12.1 Å². The Balaban J connectivity index is 1.52. The molecule has 0 aromatic carbocycles. The average Bonchev–Trinajstić information content (AvgIpc) is 2.87. The lowest BCUT2D eigenvalue weighted by molar-refractivity contribution is 0.231. The third-order valence-electron chi connectivity index (χ3n) is 4.56. The van der Waals surface area contributed by atoms with Crippen molar-refractivity contribution >= 4 is 17.1 Å². The summed E-state index contributed by atoms with van der Waals surface area (Å²) in [5.74, 6) is 0.495. The van der Waals surface area contributed by atoms with Crippen molar-refractivity contribution in [3.05, 3.63) is 42.2 Å². The lowest BCUT2D eigenvalue weighted by Gasteiger charge is -2.26. The first-order chi connectivity index (χ1) is 11.1. The molecular formula is C18H24N4O. The van der Waals surface area contributed by atoms with Gasteiger partial charge in [0.2, 0.25) is 0 Å². The number of aryl methyl sites for hydroxylation is 1. The fourth-order valence-corrected chi connectivity index (χ4v) is 3.17. The summed E-state index contributed by atoms with van der Waals surface area (Å²) in [4.78, 5) is 16.4. The number of hydrogen-bond donors (Lipinski definition) is 2. The normalized spacial score (nSPS) is 20.6. The van der Waals surface area contributed by atoms with Gasteiger partial charge in [0.1, 0.15) is 5.65 Å². The molecule has 1 aliphatic carbocycles. The number of carbonyl (C=O) groups is 1. The zero-order chi connectivity index (χ0) is 16.2. The maximum absolute atomic E-state index is 12.1. The standard InChI is InChI=1S/C18H24N4O/c1-13-6-3-4-8-16(13)21-18(23)20-11-9-14-12-22(2)17-15(14)7-5-10-19-17/h3-5,7,10,12-13,16H,6,8-9,11H2,1-2H3,(H2,20,21,23)/t13-,16-/m1/s1. The molecular weight excluding hydrogens is 288 g/mol. The Labute approximate surface area is 136 Å². The summed E-state index contributed by atoms with van der Waals surface area (Å²) in [7, 11) is 2.00. The number of carbonyl (C=O) groups excluding carboxylic acids is 1. The van der Waals surface area contributed by atoms with Gasteiger partial charge >= 0.3 is 6.03 Å².